The molecule has 0 unspecified atom stereocenters. The van der Waals surface area contributed by atoms with Crippen molar-refractivity contribution in [3.8, 4) is 0 Å². The van der Waals surface area contributed by atoms with Gasteiger partial charge in [-0.3, -0.25) is 14.6 Å². The van der Waals surface area contributed by atoms with Gasteiger partial charge in [0.15, 0.2) is 0 Å². The van der Waals surface area contributed by atoms with Gasteiger partial charge in [0.25, 0.3) is 0 Å². The number of hydrogen-bond donors (Lipinski definition) is 1. The predicted molar refractivity (Wildman–Crippen MR) is 73.7 cm³/mol. The highest BCUT2D eigenvalue weighted by atomic mass is 16.2. The zero-order valence-corrected chi connectivity index (χ0v) is 11.7. The summed E-state index contributed by atoms with van der Waals surface area (Å²) in [5.41, 5.74) is 1.12. The molecule has 1 saturated carbocycles. The normalized spacial score (nSPS) is 21.4. The van der Waals surface area contributed by atoms with Gasteiger partial charge in [0.05, 0.1) is 12.2 Å². The Balaban J connectivity index is 1.81. The van der Waals surface area contributed by atoms with Gasteiger partial charge in [-0.1, -0.05) is 18.9 Å². The largest absolute Gasteiger partial charge is 0.340 e. The average molecular weight is 273 g/mol. The average Bonchev–Trinajstić information content (AvgIpc) is 2.85. The van der Waals surface area contributed by atoms with Crippen molar-refractivity contribution in [2.45, 2.75) is 44.7 Å². The van der Waals surface area contributed by atoms with Crippen LogP contribution in [-0.4, -0.2) is 33.8 Å². The maximum Gasteiger partial charge on any atom is 0.249 e. The lowest BCUT2D eigenvalue weighted by Crippen LogP contribution is -2.65. The number of aryl methyl sites for hydroxylation is 1. The third-order valence-corrected chi connectivity index (χ3v) is 4.17. The van der Waals surface area contributed by atoms with Crippen LogP contribution in [0.15, 0.2) is 18.2 Å². The number of amides is 2. The van der Waals surface area contributed by atoms with E-state index < -0.39 is 5.54 Å². The molecular weight excluding hydrogens is 254 g/mol. The molecule has 20 heavy (non-hydrogen) atoms. The zero-order chi connectivity index (χ0) is 14.2. The van der Waals surface area contributed by atoms with Gasteiger partial charge >= 0.3 is 0 Å². The molecule has 5 nitrogen and oxygen atoms in total. The summed E-state index contributed by atoms with van der Waals surface area (Å²) in [6.45, 7) is 2.47. The summed E-state index contributed by atoms with van der Waals surface area (Å²) in [5.74, 6) is -0.00272. The molecule has 0 bridgehead atoms. The molecule has 0 atom stereocenters. The monoisotopic (exact) mass is 273 g/mol. The lowest BCUT2D eigenvalue weighted by Gasteiger charge is -2.39. The van der Waals surface area contributed by atoms with E-state index in [2.05, 4.69) is 10.3 Å². The lowest BCUT2D eigenvalue weighted by molar-refractivity contribution is -0.150. The van der Waals surface area contributed by atoms with Gasteiger partial charge < -0.3 is 10.2 Å². The predicted octanol–water partition coefficient (Wildman–Crippen LogP) is 1.16. The topological polar surface area (TPSA) is 62.3 Å². The van der Waals surface area contributed by atoms with Crippen LogP contribution in [0.5, 0.6) is 0 Å². The van der Waals surface area contributed by atoms with E-state index in [9.17, 15) is 9.59 Å². The molecule has 2 aliphatic rings. The van der Waals surface area contributed by atoms with Gasteiger partial charge in [0.2, 0.25) is 11.8 Å². The van der Waals surface area contributed by atoms with Gasteiger partial charge in [-0.05, 0) is 31.9 Å². The molecule has 3 rings (SSSR count). The van der Waals surface area contributed by atoms with Gasteiger partial charge in [-0.15, -0.1) is 0 Å². The maximum atomic E-state index is 12.7. The number of pyridine rings is 1. The molecule has 1 aliphatic heterocycles. The summed E-state index contributed by atoms with van der Waals surface area (Å²) < 4.78 is 0. The lowest BCUT2D eigenvalue weighted by atomic mass is 9.93. The molecule has 1 saturated heterocycles. The van der Waals surface area contributed by atoms with Crippen LogP contribution in [0, 0.1) is 6.92 Å². The Bertz CT molecular complexity index is 550. The first-order chi connectivity index (χ1) is 9.59. The van der Waals surface area contributed by atoms with Crippen molar-refractivity contribution in [1.29, 1.82) is 0 Å². The van der Waals surface area contributed by atoms with E-state index in [1.807, 2.05) is 25.1 Å². The smallest absolute Gasteiger partial charge is 0.249 e. The van der Waals surface area contributed by atoms with E-state index in [-0.39, 0.29) is 18.4 Å². The molecular formula is C15H19N3O2. The molecule has 0 radical (unpaired) electrons. The molecule has 0 aromatic carbocycles. The van der Waals surface area contributed by atoms with E-state index in [4.69, 9.17) is 0 Å². The van der Waals surface area contributed by atoms with Crippen molar-refractivity contribution < 1.29 is 9.59 Å². The standard InChI is InChI=1S/C15H19N3O2/c1-11-5-4-6-12(16-11)9-18-10-13(19)17-15(14(18)20)7-2-3-8-15/h4-6H,2-3,7-10H2,1H3,(H,17,19). The van der Waals surface area contributed by atoms with Crippen molar-refractivity contribution in [3.05, 3.63) is 29.6 Å². The summed E-state index contributed by atoms with van der Waals surface area (Å²) >= 11 is 0. The van der Waals surface area contributed by atoms with Crippen molar-refractivity contribution in [2.24, 2.45) is 0 Å². The third kappa shape index (κ3) is 2.28. The number of nitrogens with zero attached hydrogens (tertiary/aromatic N) is 2. The molecule has 1 spiro atoms. The van der Waals surface area contributed by atoms with Crippen molar-refractivity contribution >= 4 is 11.8 Å². The Hall–Kier alpha value is -1.91. The van der Waals surface area contributed by atoms with E-state index in [1.54, 1.807) is 4.90 Å². The molecule has 106 valence electrons. The summed E-state index contributed by atoms with van der Waals surface area (Å²) in [4.78, 5) is 30.6. The minimum absolute atomic E-state index is 0.0536. The highest BCUT2D eigenvalue weighted by Crippen LogP contribution is 2.33. The second kappa shape index (κ2) is 4.89. The number of carbonyl (C=O) groups is 2. The quantitative estimate of drug-likeness (QED) is 0.879. The van der Waals surface area contributed by atoms with Crippen molar-refractivity contribution in [2.75, 3.05) is 6.54 Å². The van der Waals surface area contributed by atoms with Crippen LogP contribution in [0.3, 0.4) is 0 Å². The fourth-order valence-electron chi connectivity index (χ4n) is 3.24. The van der Waals surface area contributed by atoms with E-state index in [0.29, 0.717) is 6.54 Å². The number of nitrogens with one attached hydrogen (secondary N) is 1. The first-order valence-electron chi connectivity index (χ1n) is 7.12. The summed E-state index contributed by atoms with van der Waals surface area (Å²) in [6.07, 6.45) is 3.52. The number of rotatable bonds is 2. The van der Waals surface area contributed by atoms with Crippen LogP contribution < -0.4 is 5.32 Å². The maximum absolute atomic E-state index is 12.7. The Labute approximate surface area is 118 Å². The fraction of sp³-hybridized carbons (Fsp3) is 0.533. The molecule has 2 heterocycles. The Kier molecular flexibility index (Phi) is 3.20. The van der Waals surface area contributed by atoms with E-state index in [1.165, 1.54) is 0 Å². The molecule has 5 heteroatoms. The molecule has 1 aromatic heterocycles. The molecule has 2 fully saturated rings. The zero-order valence-electron chi connectivity index (χ0n) is 11.7. The first kappa shape index (κ1) is 13.1. The number of carbonyl (C=O) groups excluding carboxylic acids is 2. The summed E-state index contributed by atoms with van der Waals surface area (Å²) in [7, 11) is 0. The number of piperazine rings is 1. The summed E-state index contributed by atoms with van der Waals surface area (Å²) in [6, 6.07) is 5.75. The van der Waals surface area contributed by atoms with Crippen LogP contribution in [0.4, 0.5) is 0 Å². The van der Waals surface area contributed by atoms with Crippen LogP contribution in [0.1, 0.15) is 37.1 Å². The van der Waals surface area contributed by atoms with Gasteiger partial charge in [-0.25, -0.2) is 0 Å². The van der Waals surface area contributed by atoms with Gasteiger partial charge in [0.1, 0.15) is 12.1 Å². The van der Waals surface area contributed by atoms with Crippen LogP contribution >= 0.6 is 0 Å². The van der Waals surface area contributed by atoms with Crippen molar-refractivity contribution in [3.63, 3.8) is 0 Å². The highest BCUT2D eigenvalue weighted by molar-refractivity contribution is 5.98. The Morgan fingerprint density at radius 1 is 1.30 bits per heavy atom. The molecule has 2 amide bonds. The second-order valence-electron chi connectivity index (χ2n) is 5.77. The van der Waals surface area contributed by atoms with E-state index >= 15 is 0 Å². The molecule has 1 aliphatic carbocycles. The van der Waals surface area contributed by atoms with Gasteiger partial charge in [-0.2, -0.15) is 0 Å². The van der Waals surface area contributed by atoms with Crippen LogP contribution in [0.2, 0.25) is 0 Å². The van der Waals surface area contributed by atoms with Crippen molar-refractivity contribution in [1.82, 2.24) is 15.2 Å². The first-order valence-corrected chi connectivity index (χ1v) is 7.12. The molecule has 1 N–H and O–H groups in total. The fourth-order valence-corrected chi connectivity index (χ4v) is 3.24. The Morgan fingerprint density at radius 3 is 2.75 bits per heavy atom. The number of aromatic nitrogens is 1. The second-order valence-corrected chi connectivity index (χ2v) is 5.77. The van der Waals surface area contributed by atoms with Gasteiger partial charge in [0, 0.05) is 5.69 Å². The van der Waals surface area contributed by atoms with Crippen LogP contribution in [0.25, 0.3) is 0 Å². The number of hydrogen-bond acceptors (Lipinski definition) is 3. The Morgan fingerprint density at radius 2 is 2.05 bits per heavy atom. The van der Waals surface area contributed by atoms with Crippen LogP contribution in [-0.2, 0) is 16.1 Å². The highest BCUT2D eigenvalue weighted by Gasteiger charge is 2.48. The van der Waals surface area contributed by atoms with E-state index in [0.717, 1.165) is 37.1 Å². The minimum Gasteiger partial charge on any atom is -0.340 e. The summed E-state index contributed by atoms with van der Waals surface area (Å²) in [5, 5.41) is 2.92. The minimum atomic E-state index is -0.640. The third-order valence-electron chi connectivity index (χ3n) is 4.17. The molecule has 1 aromatic rings. The SMILES string of the molecule is Cc1cccc(CN2CC(=O)NC3(CCCC3)C2=O)n1.